The first-order chi connectivity index (χ1) is 9.97. The number of aliphatic carboxylic acids is 1. The molecular formula is C16H22N2O3. The average Bonchev–Trinajstić information content (AvgIpc) is 2.48. The first kappa shape index (κ1) is 15.5. The summed E-state index contributed by atoms with van der Waals surface area (Å²) >= 11 is 0. The number of carbonyl (C=O) groups excluding carboxylic acids is 1. The van der Waals surface area contributed by atoms with Gasteiger partial charge in [-0.05, 0) is 50.0 Å². The molecule has 0 atom stereocenters. The van der Waals surface area contributed by atoms with Crippen molar-refractivity contribution in [3.63, 3.8) is 0 Å². The number of hydrogen-bond acceptors (Lipinski definition) is 3. The molecule has 1 aliphatic rings. The van der Waals surface area contributed by atoms with Crippen LogP contribution in [0.1, 0.15) is 42.1 Å². The maximum Gasteiger partial charge on any atom is 0.309 e. The molecule has 5 heteroatoms. The monoisotopic (exact) mass is 290 g/mol. The number of primary amides is 1. The van der Waals surface area contributed by atoms with E-state index in [0.29, 0.717) is 24.8 Å². The molecule has 1 aromatic carbocycles. The fourth-order valence-corrected chi connectivity index (χ4v) is 2.94. The lowest BCUT2D eigenvalue weighted by Crippen LogP contribution is -2.43. The van der Waals surface area contributed by atoms with Gasteiger partial charge in [-0.25, -0.2) is 0 Å². The van der Waals surface area contributed by atoms with Gasteiger partial charge in [0.1, 0.15) is 0 Å². The first-order valence-corrected chi connectivity index (χ1v) is 7.31. The molecule has 1 amide bonds. The van der Waals surface area contributed by atoms with Gasteiger partial charge in [0.2, 0.25) is 5.91 Å². The SMILES string of the molecule is CCC1(C(=O)O)CCN(Cc2cccc(C(N)=O)c2)CC1. The number of carboxylic acids is 1. The van der Waals surface area contributed by atoms with Gasteiger partial charge in [0.15, 0.2) is 0 Å². The maximum atomic E-state index is 11.4. The molecule has 1 aliphatic heterocycles. The van der Waals surface area contributed by atoms with Crippen molar-refractivity contribution < 1.29 is 14.7 Å². The van der Waals surface area contributed by atoms with Crippen molar-refractivity contribution in [1.82, 2.24) is 4.90 Å². The number of likely N-dealkylation sites (tertiary alicyclic amines) is 1. The van der Waals surface area contributed by atoms with Crippen LogP contribution in [0.25, 0.3) is 0 Å². The summed E-state index contributed by atoms with van der Waals surface area (Å²) in [7, 11) is 0. The van der Waals surface area contributed by atoms with Crippen LogP contribution in [-0.4, -0.2) is 35.0 Å². The van der Waals surface area contributed by atoms with Crippen LogP contribution < -0.4 is 5.73 Å². The molecule has 1 aromatic rings. The molecule has 0 aromatic heterocycles. The summed E-state index contributed by atoms with van der Waals surface area (Å²) in [5.74, 6) is -1.10. The number of nitrogens with two attached hydrogens (primary N) is 1. The number of amides is 1. The van der Waals surface area contributed by atoms with Crippen LogP contribution in [0.2, 0.25) is 0 Å². The molecule has 0 radical (unpaired) electrons. The fraction of sp³-hybridized carbons (Fsp3) is 0.500. The van der Waals surface area contributed by atoms with E-state index in [1.54, 1.807) is 12.1 Å². The minimum absolute atomic E-state index is 0.425. The number of rotatable bonds is 5. The topological polar surface area (TPSA) is 83.6 Å². The second-order valence-corrected chi connectivity index (χ2v) is 5.78. The number of nitrogens with zero attached hydrogens (tertiary/aromatic N) is 1. The van der Waals surface area contributed by atoms with E-state index in [9.17, 15) is 14.7 Å². The number of hydrogen-bond donors (Lipinski definition) is 2. The Labute approximate surface area is 124 Å². The quantitative estimate of drug-likeness (QED) is 0.867. The summed E-state index contributed by atoms with van der Waals surface area (Å²) in [6, 6.07) is 7.30. The Kier molecular flexibility index (Phi) is 4.63. The van der Waals surface area contributed by atoms with Gasteiger partial charge >= 0.3 is 5.97 Å². The van der Waals surface area contributed by atoms with Gasteiger partial charge in [-0.2, -0.15) is 0 Å². The maximum absolute atomic E-state index is 11.4. The third-order valence-electron chi connectivity index (χ3n) is 4.56. The van der Waals surface area contributed by atoms with Crippen LogP contribution in [0.5, 0.6) is 0 Å². The van der Waals surface area contributed by atoms with Crippen molar-refractivity contribution in [2.45, 2.75) is 32.7 Å². The van der Waals surface area contributed by atoms with Crippen LogP contribution >= 0.6 is 0 Å². The highest BCUT2D eigenvalue weighted by Gasteiger charge is 2.39. The number of carbonyl (C=O) groups is 2. The number of carboxylic acid groups (broad SMARTS) is 1. The Bertz CT molecular complexity index is 534. The summed E-state index contributed by atoms with van der Waals surface area (Å²) in [5.41, 5.74) is 6.27. The van der Waals surface area contributed by atoms with Crippen molar-refractivity contribution in [3.05, 3.63) is 35.4 Å². The third-order valence-corrected chi connectivity index (χ3v) is 4.56. The Morgan fingerprint density at radius 1 is 1.33 bits per heavy atom. The van der Waals surface area contributed by atoms with Crippen LogP contribution in [0.15, 0.2) is 24.3 Å². The van der Waals surface area contributed by atoms with E-state index < -0.39 is 17.3 Å². The van der Waals surface area contributed by atoms with Gasteiger partial charge < -0.3 is 10.8 Å². The van der Waals surface area contributed by atoms with Gasteiger partial charge in [-0.1, -0.05) is 19.1 Å². The fourth-order valence-electron chi connectivity index (χ4n) is 2.94. The predicted octanol–water partition coefficient (Wildman–Crippen LogP) is 1.86. The molecule has 0 bridgehead atoms. The van der Waals surface area contributed by atoms with Crippen molar-refractivity contribution in [1.29, 1.82) is 0 Å². The molecule has 0 unspecified atom stereocenters. The zero-order valence-corrected chi connectivity index (χ0v) is 12.3. The van der Waals surface area contributed by atoms with E-state index >= 15 is 0 Å². The van der Waals surface area contributed by atoms with E-state index in [2.05, 4.69) is 4.90 Å². The molecule has 0 spiro atoms. The molecule has 3 N–H and O–H groups in total. The van der Waals surface area contributed by atoms with Gasteiger partial charge in [-0.15, -0.1) is 0 Å². The molecule has 2 rings (SSSR count). The molecule has 1 heterocycles. The van der Waals surface area contributed by atoms with Gasteiger partial charge in [-0.3, -0.25) is 14.5 Å². The second-order valence-electron chi connectivity index (χ2n) is 5.78. The summed E-state index contributed by atoms with van der Waals surface area (Å²) < 4.78 is 0. The largest absolute Gasteiger partial charge is 0.481 e. The van der Waals surface area contributed by atoms with Crippen molar-refractivity contribution in [3.8, 4) is 0 Å². The van der Waals surface area contributed by atoms with Gasteiger partial charge in [0.25, 0.3) is 0 Å². The van der Waals surface area contributed by atoms with Crippen molar-refractivity contribution in [2.75, 3.05) is 13.1 Å². The molecule has 21 heavy (non-hydrogen) atoms. The predicted molar refractivity (Wildman–Crippen MR) is 79.8 cm³/mol. The Morgan fingerprint density at radius 3 is 2.52 bits per heavy atom. The average molecular weight is 290 g/mol. The minimum Gasteiger partial charge on any atom is -0.481 e. The van der Waals surface area contributed by atoms with Crippen molar-refractivity contribution >= 4 is 11.9 Å². The van der Waals surface area contributed by atoms with E-state index in [4.69, 9.17) is 5.73 Å². The minimum atomic E-state index is -0.680. The zero-order valence-electron chi connectivity index (χ0n) is 12.3. The molecule has 5 nitrogen and oxygen atoms in total. The molecule has 0 saturated carbocycles. The highest BCUT2D eigenvalue weighted by Crippen LogP contribution is 2.35. The van der Waals surface area contributed by atoms with Crippen LogP contribution in [0.4, 0.5) is 0 Å². The van der Waals surface area contributed by atoms with Gasteiger partial charge in [0.05, 0.1) is 5.41 Å². The van der Waals surface area contributed by atoms with E-state index in [1.165, 1.54) is 0 Å². The van der Waals surface area contributed by atoms with Crippen LogP contribution in [-0.2, 0) is 11.3 Å². The molecular weight excluding hydrogens is 268 g/mol. The summed E-state index contributed by atoms with van der Waals surface area (Å²) in [6.07, 6.45) is 2.02. The van der Waals surface area contributed by atoms with Crippen LogP contribution in [0, 0.1) is 5.41 Å². The highest BCUT2D eigenvalue weighted by molar-refractivity contribution is 5.92. The molecule has 0 aliphatic carbocycles. The van der Waals surface area contributed by atoms with E-state index in [0.717, 1.165) is 25.2 Å². The lowest BCUT2D eigenvalue weighted by Gasteiger charge is -2.38. The highest BCUT2D eigenvalue weighted by atomic mass is 16.4. The Hall–Kier alpha value is -1.88. The zero-order chi connectivity index (χ0) is 15.5. The smallest absolute Gasteiger partial charge is 0.309 e. The van der Waals surface area contributed by atoms with E-state index in [-0.39, 0.29) is 0 Å². The van der Waals surface area contributed by atoms with Gasteiger partial charge in [0, 0.05) is 12.1 Å². The molecule has 1 saturated heterocycles. The normalized spacial score (nSPS) is 18.3. The number of benzene rings is 1. The summed E-state index contributed by atoms with van der Waals surface area (Å²) in [5, 5.41) is 9.39. The van der Waals surface area contributed by atoms with Crippen LogP contribution in [0.3, 0.4) is 0 Å². The standard InChI is InChI=1S/C16H22N2O3/c1-2-16(15(20)21)6-8-18(9-7-16)11-12-4-3-5-13(10-12)14(17)19/h3-5,10H,2,6-9,11H2,1H3,(H2,17,19)(H,20,21). The lowest BCUT2D eigenvalue weighted by molar-refractivity contribution is -0.152. The molecule has 114 valence electrons. The Morgan fingerprint density at radius 2 is 2.00 bits per heavy atom. The molecule has 1 fully saturated rings. The third kappa shape index (κ3) is 3.42. The first-order valence-electron chi connectivity index (χ1n) is 7.31. The summed E-state index contributed by atoms with van der Waals surface area (Å²) in [4.78, 5) is 24.8. The van der Waals surface area contributed by atoms with E-state index in [1.807, 2.05) is 19.1 Å². The second kappa shape index (κ2) is 6.26. The number of piperidine rings is 1. The Balaban J connectivity index is 1.99. The summed E-state index contributed by atoms with van der Waals surface area (Å²) in [6.45, 7) is 4.20. The lowest BCUT2D eigenvalue weighted by atomic mass is 9.76. The van der Waals surface area contributed by atoms with Crippen molar-refractivity contribution in [2.24, 2.45) is 11.1 Å².